The van der Waals surface area contributed by atoms with Crippen molar-refractivity contribution in [3.63, 3.8) is 0 Å². The maximum absolute atomic E-state index is 12.8. The summed E-state index contributed by atoms with van der Waals surface area (Å²) in [5.74, 6) is -0.366. The van der Waals surface area contributed by atoms with Crippen LogP contribution < -0.4 is 5.32 Å². The number of nitrogens with one attached hydrogen (secondary N) is 1. The lowest BCUT2D eigenvalue weighted by atomic mass is 10.3. The zero-order valence-corrected chi connectivity index (χ0v) is 10.2. The number of aromatic nitrogens is 2. The summed E-state index contributed by atoms with van der Waals surface area (Å²) < 4.78 is 14.2. The van der Waals surface area contributed by atoms with Gasteiger partial charge in [-0.25, -0.2) is 4.39 Å². The van der Waals surface area contributed by atoms with Crippen molar-refractivity contribution in [1.82, 2.24) is 9.38 Å². The Bertz CT molecular complexity index is 750. The molecule has 0 saturated carbocycles. The molecule has 96 valence electrons. The third-order valence-corrected chi connectivity index (χ3v) is 3.27. The quantitative estimate of drug-likeness (QED) is 0.590. The molecule has 6 nitrogen and oxygen atoms in total. The number of hydrogen-bond donors (Lipinski definition) is 1. The van der Waals surface area contributed by atoms with Gasteiger partial charge in [0.05, 0.1) is 0 Å². The number of benzene rings is 1. The Labute approximate surface area is 110 Å². The molecule has 0 radical (unpaired) electrons. The highest BCUT2D eigenvalue weighted by atomic mass is 32.1. The van der Waals surface area contributed by atoms with Gasteiger partial charge in [-0.1, -0.05) is 11.3 Å². The van der Waals surface area contributed by atoms with E-state index in [-0.39, 0.29) is 17.5 Å². The Kier molecular flexibility index (Phi) is 2.64. The van der Waals surface area contributed by atoms with Crippen molar-refractivity contribution in [2.45, 2.75) is 0 Å². The lowest BCUT2D eigenvalue weighted by Gasteiger charge is -2.02. The number of fused-ring (bicyclic) bond motifs is 1. The van der Waals surface area contributed by atoms with Crippen LogP contribution >= 0.6 is 11.3 Å². The normalized spacial score (nSPS) is 10.8. The fourth-order valence-electron chi connectivity index (χ4n) is 1.70. The molecule has 19 heavy (non-hydrogen) atoms. The van der Waals surface area contributed by atoms with Crippen molar-refractivity contribution in [1.29, 1.82) is 0 Å². The summed E-state index contributed by atoms with van der Waals surface area (Å²) in [5.41, 5.74) is 0.537. The van der Waals surface area contributed by atoms with Crippen LogP contribution in [-0.4, -0.2) is 14.3 Å². The van der Waals surface area contributed by atoms with Crippen LogP contribution in [-0.2, 0) is 0 Å². The number of anilines is 2. The monoisotopic (exact) mass is 278 g/mol. The smallest absolute Gasteiger partial charge is 0.358 e. The highest BCUT2D eigenvalue weighted by molar-refractivity contribution is 7.15. The average Bonchev–Trinajstić information content (AvgIpc) is 2.91. The van der Waals surface area contributed by atoms with Gasteiger partial charge in [0.15, 0.2) is 0 Å². The number of thiazole rings is 1. The molecular formula is C11H7FN4O2S. The Morgan fingerprint density at radius 2 is 2.11 bits per heavy atom. The molecule has 0 amide bonds. The SMILES string of the molecule is O=[N+]([O-])c1c(Nc2ccc(F)cc2)nc2sccn12. The Morgan fingerprint density at radius 1 is 1.37 bits per heavy atom. The number of nitrogens with zero attached hydrogens (tertiary/aromatic N) is 3. The molecule has 0 aliphatic heterocycles. The molecule has 3 rings (SSSR count). The minimum Gasteiger partial charge on any atom is -0.358 e. The summed E-state index contributed by atoms with van der Waals surface area (Å²) in [7, 11) is 0. The highest BCUT2D eigenvalue weighted by Crippen LogP contribution is 2.30. The zero-order valence-electron chi connectivity index (χ0n) is 9.41. The molecule has 0 fully saturated rings. The van der Waals surface area contributed by atoms with Crippen LogP contribution in [0.5, 0.6) is 0 Å². The van der Waals surface area contributed by atoms with Crippen molar-refractivity contribution >= 4 is 33.6 Å². The van der Waals surface area contributed by atoms with Crippen LogP contribution in [0.1, 0.15) is 0 Å². The van der Waals surface area contributed by atoms with E-state index in [1.54, 1.807) is 11.6 Å². The van der Waals surface area contributed by atoms with Crippen molar-refractivity contribution in [2.75, 3.05) is 5.32 Å². The number of hydrogen-bond acceptors (Lipinski definition) is 5. The molecule has 0 atom stereocenters. The molecular weight excluding hydrogens is 271 g/mol. The second-order valence-electron chi connectivity index (χ2n) is 3.73. The Morgan fingerprint density at radius 3 is 2.79 bits per heavy atom. The van der Waals surface area contributed by atoms with Crippen molar-refractivity contribution < 1.29 is 9.31 Å². The maximum atomic E-state index is 12.8. The summed E-state index contributed by atoms with van der Waals surface area (Å²) in [6.45, 7) is 0. The first kappa shape index (κ1) is 11.6. The van der Waals surface area contributed by atoms with Crippen molar-refractivity contribution in [3.8, 4) is 0 Å². The highest BCUT2D eigenvalue weighted by Gasteiger charge is 2.23. The van der Waals surface area contributed by atoms with Crippen LogP contribution in [0.3, 0.4) is 0 Å². The lowest BCUT2D eigenvalue weighted by molar-refractivity contribution is -0.389. The molecule has 8 heteroatoms. The van der Waals surface area contributed by atoms with E-state index in [1.807, 2.05) is 0 Å². The molecule has 0 spiro atoms. The summed E-state index contributed by atoms with van der Waals surface area (Å²) in [6.07, 6.45) is 1.58. The predicted octanol–water partition coefficient (Wildman–Crippen LogP) is 3.19. The van der Waals surface area contributed by atoms with Crippen LogP contribution in [0.25, 0.3) is 4.96 Å². The van der Waals surface area contributed by atoms with Gasteiger partial charge in [0, 0.05) is 11.1 Å². The van der Waals surface area contributed by atoms with Gasteiger partial charge >= 0.3 is 5.82 Å². The Hall–Kier alpha value is -2.48. The molecule has 1 aromatic carbocycles. The van der Waals surface area contributed by atoms with Gasteiger partial charge in [0.25, 0.3) is 4.96 Å². The van der Waals surface area contributed by atoms with Gasteiger partial charge in [-0.3, -0.25) is 0 Å². The Balaban J connectivity index is 2.04. The van der Waals surface area contributed by atoms with E-state index in [2.05, 4.69) is 10.3 Å². The zero-order chi connectivity index (χ0) is 13.4. The fraction of sp³-hybridized carbons (Fsp3) is 0. The van der Waals surface area contributed by atoms with E-state index in [0.717, 1.165) is 0 Å². The summed E-state index contributed by atoms with van der Waals surface area (Å²) >= 11 is 1.30. The van der Waals surface area contributed by atoms with E-state index in [0.29, 0.717) is 10.6 Å². The van der Waals surface area contributed by atoms with Gasteiger partial charge in [0.1, 0.15) is 12.0 Å². The summed E-state index contributed by atoms with van der Waals surface area (Å²) in [4.78, 5) is 15.3. The van der Waals surface area contributed by atoms with E-state index in [9.17, 15) is 14.5 Å². The van der Waals surface area contributed by atoms with Crippen LogP contribution in [0.2, 0.25) is 0 Å². The van der Waals surface area contributed by atoms with Gasteiger partial charge in [-0.05, 0) is 29.2 Å². The number of nitro groups is 1. The van der Waals surface area contributed by atoms with E-state index in [1.165, 1.54) is 40.0 Å². The minimum atomic E-state index is -0.501. The average molecular weight is 278 g/mol. The minimum absolute atomic E-state index is 0.138. The topological polar surface area (TPSA) is 72.5 Å². The number of halogens is 1. The first-order valence-corrected chi connectivity index (χ1v) is 6.15. The van der Waals surface area contributed by atoms with Crippen LogP contribution in [0.4, 0.5) is 21.7 Å². The van der Waals surface area contributed by atoms with E-state index in [4.69, 9.17) is 0 Å². The number of rotatable bonds is 3. The van der Waals surface area contributed by atoms with Crippen molar-refractivity contribution in [2.24, 2.45) is 0 Å². The second kappa shape index (κ2) is 4.32. The molecule has 3 aromatic rings. The molecule has 2 heterocycles. The summed E-state index contributed by atoms with van der Waals surface area (Å²) in [5, 5.41) is 15.6. The molecule has 1 N–H and O–H groups in total. The standard InChI is InChI=1S/C11H7FN4O2S/c12-7-1-3-8(4-2-7)13-9-10(16(17)18)15-5-6-19-11(15)14-9/h1-6,13H. The van der Waals surface area contributed by atoms with Crippen LogP contribution in [0.15, 0.2) is 35.8 Å². The largest absolute Gasteiger partial charge is 0.373 e. The van der Waals surface area contributed by atoms with Gasteiger partial charge in [0.2, 0.25) is 5.82 Å². The first-order valence-electron chi connectivity index (χ1n) is 5.27. The van der Waals surface area contributed by atoms with Gasteiger partial charge in [-0.2, -0.15) is 9.38 Å². The molecule has 0 saturated heterocycles. The molecule has 2 aromatic heterocycles. The van der Waals surface area contributed by atoms with Crippen LogP contribution in [0, 0.1) is 15.9 Å². The van der Waals surface area contributed by atoms with Gasteiger partial charge in [-0.15, -0.1) is 0 Å². The van der Waals surface area contributed by atoms with Gasteiger partial charge < -0.3 is 15.4 Å². The lowest BCUT2D eigenvalue weighted by Crippen LogP contribution is -1.98. The van der Waals surface area contributed by atoms with E-state index < -0.39 is 4.92 Å². The summed E-state index contributed by atoms with van der Waals surface area (Å²) in [6, 6.07) is 5.53. The molecule has 0 aliphatic carbocycles. The molecule has 0 bridgehead atoms. The van der Waals surface area contributed by atoms with Crippen molar-refractivity contribution in [3.05, 3.63) is 51.8 Å². The third kappa shape index (κ3) is 2.02. The molecule has 0 unspecified atom stereocenters. The third-order valence-electron chi connectivity index (χ3n) is 2.52. The first-order chi connectivity index (χ1) is 9.15. The fourth-order valence-corrected chi connectivity index (χ4v) is 2.41. The predicted molar refractivity (Wildman–Crippen MR) is 69.4 cm³/mol. The molecule has 0 aliphatic rings. The van der Waals surface area contributed by atoms with E-state index >= 15 is 0 Å². The number of imidazole rings is 1. The second-order valence-corrected chi connectivity index (χ2v) is 4.60. The maximum Gasteiger partial charge on any atom is 0.373 e.